The van der Waals surface area contributed by atoms with Gasteiger partial charge in [-0.25, -0.2) is 4.79 Å². The van der Waals surface area contributed by atoms with Crippen LogP contribution in [0.5, 0.6) is 0 Å². The van der Waals surface area contributed by atoms with Gasteiger partial charge in [0, 0.05) is 12.6 Å². The van der Waals surface area contributed by atoms with Crippen molar-refractivity contribution in [2.75, 3.05) is 20.1 Å². The zero-order valence-electron chi connectivity index (χ0n) is 13.0. The van der Waals surface area contributed by atoms with Gasteiger partial charge in [0.15, 0.2) is 0 Å². The number of carboxylic acid groups (broad SMARTS) is 1. The van der Waals surface area contributed by atoms with Gasteiger partial charge in [-0.2, -0.15) is 0 Å². The summed E-state index contributed by atoms with van der Waals surface area (Å²) >= 11 is 0. The molecular formula is C17H26N2O2. The molecule has 0 aliphatic heterocycles. The molecule has 1 saturated carbocycles. The molecule has 0 radical (unpaired) electrons. The molecule has 1 fully saturated rings. The normalized spacial score (nSPS) is 18.2. The number of benzene rings is 1. The van der Waals surface area contributed by atoms with Crippen molar-refractivity contribution in [2.24, 2.45) is 0 Å². The number of carbonyl (C=O) groups is 1. The third kappa shape index (κ3) is 3.44. The predicted octanol–water partition coefficient (Wildman–Crippen LogP) is 2.45. The van der Waals surface area contributed by atoms with Crippen LogP contribution in [0.15, 0.2) is 30.3 Å². The van der Waals surface area contributed by atoms with Gasteiger partial charge in [-0.1, -0.05) is 43.7 Å². The molecule has 4 nitrogen and oxygen atoms in total. The van der Waals surface area contributed by atoms with Crippen molar-refractivity contribution in [1.82, 2.24) is 10.2 Å². The first kappa shape index (κ1) is 16.0. The molecule has 1 unspecified atom stereocenters. The molecule has 4 heteroatoms. The minimum absolute atomic E-state index is 0.577. The molecule has 0 heterocycles. The molecule has 0 saturated heterocycles. The standard InChI is InChI=1S/C17H26N2O2/c1-3-18-17(16(20)21,14-8-5-4-6-9-14)12-13-19(2)15-10-7-11-15/h4-6,8-9,15,18H,3,7,10-13H2,1-2H3,(H,20,21). The zero-order valence-corrected chi connectivity index (χ0v) is 13.0. The quantitative estimate of drug-likeness (QED) is 0.772. The van der Waals surface area contributed by atoms with Crippen molar-refractivity contribution in [2.45, 2.75) is 44.2 Å². The van der Waals surface area contributed by atoms with Crippen LogP contribution in [0.4, 0.5) is 0 Å². The number of carboxylic acids is 1. The summed E-state index contributed by atoms with van der Waals surface area (Å²) in [4.78, 5) is 14.3. The first-order chi connectivity index (χ1) is 10.1. The van der Waals surface area contributed by atoms with Gasteiger partial charge in [-0.15, -0.1) is 0 Å². The Balaban J connectivity index is 2.16. The van der Waals surface area contributed by atoms with E-state index in [9.17, 15) is 9.90 Å². The van der Waals surface area contributed by atoms with E-state index in [1.54, 1.807) is 0 Å². The summed E-state index contributed by atoms with van der Waals surface area (Å²) in [6.07, 6.45) is 4.35. The molecule has 116 valence electrons. The number of likely N-dealkylation sites (N-methyl/N-ethyl adjacent to an activating group) is 1. The van der Waals surface area contributed by atoms with Crippen LogP contribution in [0, 0.1) is 0 Å². The highest BCUT2D eigenvalue weighted by Gasteiger charge is 2.39. The van der Waals surface area contributed by atoms with E-state index in [2.05, 4.69) is 17.3 Å². The summed E-state index contributed by atoms with van der Waals surface area (Å²) in [6.45, 7) is 3.38. The first-order valence-corrected chi connectivity index (χ1v) is 7.84. The second kappa shape index (κ2) is 7.05. The smallest absolute Gasteiger partial charge is 0.328 e. The number of hydrogen-bond donors (Lipinski definition) is 2. The molecule has 0 spiro atoms. The van der Waals surface area contributed by atoms with Crippen LogP contribution in [0.1, 0.15) is 38.2 Å². The number of hydrogen-bond acceptors (Lipinski definition) is 3. The van der Waals surface area contributed by atoms with Crippen molar-refractivity contribution >= 4 is 5.97 Å². The van der Waals surface area contributed by atoms with Crippen molar-refractivity contribution in [3.05, 3.63) is 35.9 Å². The van der Waals surface area contributed by atoms with Gasteiger partial charge in [0.2, 0.25) is 0 Å². The lowest BCUT2D eigenvalue weighted by Gasteiger charge is -2.38. The lowest BCUT2D eigenvalue weighted by atomic mass is 9.85. The van der Waals surface area contributed by atoms with Crippen LogP contribution in [0.3, 0.4) is 0 Å². The predicted molar refractivity (Wildman–Crippen MR) is 84.3 cm³/mol. The van der Waals surface area contributed by atoms with E-state index in [0.29, 0.717) is 19.0 Å². The fourth-order valence-electron chi connectivity index (χ4n) is 3.02. The molecule has 2 rings (SSSR count). The molecule has 0 bridgehead atoms. The number of aliphatic carboxylic acids is 1. The molecule has 1 atom stereocenters. The summed E-state index contributed by atoms with van der Waals surface area (Å²) < 4.78 is 0. The van der Waals surface area contributed by atoms with Crippen molar-refractivity contribution < 1.29 is 9.90 Å². The Bertz CT molecular complexity index is 459. The molecule has 1 aromatic carbocycles. The minimum Gasteiger partial charge on any atom is -0.480 e. The highest BCUT2D eigenvalue weighted by atomic mass is 16.4. The van der Waals surface area contributed by atoms with Gasteiger partial charge in [-0.05, 0) is 38.4 Å². The van der Waals surface area contributed by atoms with E-state index in [0.717, 1.165) is 12.1 Å². The van der Waals surface area contributed by atoms with Crippen molar-refractivity contribution in [3.8, 4) is 0 Å². The molecule has 2 N–H and O–H groups in total. The van der Waals surface area contributed by atoms with Gasteiger partial charge in [0.25, 0.3) is 0 Å². The molecule has 0 aromatic heterocycles. The van der Waals surface area contributed by atoms with Gasteiger partial charge in [0.1, 0.15) is 5.54 Å². The van der Waals surface area contributed by atoms with E-state index >= 15 is 0 Å². The van der Waals surface area contributed by atoms with E-state index in [4.69, 9.17) is 0 Å². The second-order valence-electron chi connectivity index (χ2n) is 5.92. The third-order valence-electron chi connectivity index (χ3n) is 4.65. The first-order valence-electron chi connectivity index (χ1n) is 7.84. The minimum atomic E-state index is -0.992. The average Bonchev–Trinajstić information content (AvgIpc) is 2.42. The Hall–Kier alpha value is -1.39. The van der Waals surface area contributed by atoms with Crippen LogP contribution >= 0.6 is 0 Å². The molecule has 1 aliphatic carbocycles. The van der Waals surface area contributed by atoms with Gasteiger partial charge in [0.05, 0.1) is 0 Å². The van der Waals surface area contributed by atoms with Crippen molar-refractivity contribution in [3.63, 3.8) is 0 Å². The summed E-state index contributed by atoms with van der Waals surface area (Å²) in [7, 11) is 2.10. The van der Waals surface area contributed by atoms with E-state index in [1.165, 1.54) is 19.3 Å². The maximum absolute atomic E-state index is 12.0. The topological polar surface area (TPSA) is 52.6 Å². The van der Waals surface area contributed by atoms with Gasteiger partial charge in [-0.3, -0.25) is 5.32 Å². The Labute approximate surface area is 127 Å². The molecular weight excluding hydrogens is 264 g/mol. The summed E-state index contributed by atoms with van der Waals surface area (Å²) in [5.74, 6) is -0.794. The van der Waals surface area contributed by atoms with Gasteiger partial charge >= 0.3 is 5.97 Å². The summed E-state index contributed by atoms with van der Waals surface area (Å²) in [5.41, 5.74) is -0.157. The van der Waals surface area contributed by atoms with Crippen LogP contribution in [0.2, 0.25) is 0 Å². The molecule has 0 amide bonds. The van der Waals surface area contributed by atoms with Crippen LogP contribution < -0.4 is 5.32 Å². The lowest BCUT2D eigenvalue weighted by Crippen LogP contribution is -2.51. The fourth-order valence-corrected chi connectivity index (χ4v) is 3.02. The van der Waals surface area contributed by atoms with E-state index in [1.807, 2.05) is 37.3 Å². The van der Waals surface area contributed by atoms with E-state index in [-0.39, 0.29) is 0 Å². The summed E-state index contributed by atoms with van der Waals surface area (Å²) in [5, 5.41) is 13.1. The highest BCUT2D eigenvalue weighted by Crippen LogP contribution is 2.29. The number of nitrogens with zero attached hydrogens (tertiary/aromatic N) is 1. The Morgan fingerprint density at radius 3 is 2.52 bits per heavy atom. The molecule has 1 aliphatic rings. The van der Waals surface area contributed by atoms with Crippen molar-refractivity contribution in [1.29, 1.82) is 0 Å². The van der Waals surface area contributed by atoms with Gasteiger partial charge < -0.3 is 10.0 Å². The Morgan fingerprint density at radius 2 is 2.05 bits per heavy atom. The van der Waals surface area contributed by atoms with Crippen LogP contribution in [-0.2, 0) is 10.3 Å². The molecule has 21 heavy (non-hydrogen) atoms. The number of rotatable bonds is 8. The molecule has 1 aromatic rings. The lowest BCUT2D eigenvalue weighted by molar-refractivity contribution is -0.146. The maximum atomic E-state index is 12.0. The van der Waals surface area contributed by atoms with Crippen LogP contribution in [0.25, 0.3) is 0 Å². The third-order valence-corrected chi connectivity index (χ3v) is 4.65. The monoisotopic (exact) mass is 290 g/mol. The summed E-state index contributed by atoms with van der Waals surface area (Å²) in [6, 6.07) is 10.2. The fraction of sp³-hybridized carbons (Fsp3) is 0.588. The highest BCUT2D eigenvalue weighted by molar-refractivity contribution is 5.80. The van der Waals surface area contributed by atoms with Crippen LogP contribution in [-0.4, -0.2) is 42.2 Å². The Morgan fingerprint density at radius 1 is 1.38 bits per heavy atom. The largest absolute Gasteiger partial charge is 0.480 e. The Kier molecular flexibility index (Phi) is 5.37. The zero-order chi connectivity index (χ0) is 15.3. The number of nitrogens with one attached hydrogen (secondary N) is 1. The average molecular weight is 290 g/mol. The van der Waals surface area contributed by atoms with E-state index < -0.39 is 11.5 Å². The maximum Gasteiger partial charge on any atom is 0.328 e. The second-order valence-corrected chi connectivity index (χ2v) is 5.92. The SMILES string of the molecule is CCNC(CCN(C)C1CCC1)(C(=O)O)c1ccccc1.